The Morgan fingerprint density at radius 2 is 1.79 bits per heavy atom. The summed E-state index contributed by atoms with van der Waals surface area (Å²) in [7, 11) is 0. The van der Waals surface area contributed by atoms with Crippen LogP contribution in [0.3, 0.4) is 0 Å². The van der Waals surface area contributed by atoms with E-state index >= 15 is 0 Å². The summed E-state index contributed by atoms with van der Waals surface area (Å²) in [6.45, 7) is 3.96. The molecule has 2 aromatic rings. The zero-order valence-electron chi connectivity index (χ0n) is 16.3. The maximum Gasteiger partial charge on any atom is 0.226 e. The van der Waals surface area contributed by atoms with Crippen LogP contribution in [0.2, 0.25) is 5.02 Å². The third-order valence-corrected chi connectivity index (χ3v) is 5.53. The maximum atomic E-state index is 12.5. The molecule has 1 aliphatic heterocycles. The van der Waals surface area contributed by atoms with Crippen LogP contribution in [0.5, 0.6) is 0 Å². The van der Waals surface area contributed by atoms with Crippen molar-refractivity contribution in [2.24, 2.45) is 5.92 Å². The van der Waals surface area contributed by atoms with Gasteiger partial charge in [-0.15, -0.1) is 0 Å². The molecule has 0 spiro atoms. The van der Waals surface area contributed by atoms with Gasteiger partial charge in [-0.25, -0.2) is 0 Å². The normalized spacial score (nSPS) is 14.7. The molecule has 1 aliphatic rings. The molecule has 0 radical (unpaired) electrons. The largest absolute Gasteiger partial charge is 0.356 e. The van der Waals surface area contributed by atoms with Gasteiger partial charge in [0.15, 0.2) is 0 Å². The van der Waals surface area contributed by atoms with Gasteiger partial charge >= 0.3 is 0 Å². The first-order valence-electron chi connectivity index (χ1n) is 9.87. The topological polar surface area (TPSA) is 49.4 Å². The number of carbonyl (C=O) groups excluding carboxylic acids is 2. The minimum Gasteiger partial charge on any atom is -0.356 e. The Labute approximate surface area is 171 Å². The molecular formula is C23H27ClN2O2. The first kappa shape index (κ1) is 20.4. The zero-order chi connectivity index (χ0) is 19.9. The molecule has 2 aromatic carbocycles. The summed E-state index contributed by atoms with van der Waals surface area (Å²) in [4.78, 5) is 26.8. The highest BCUT2D eigenvalue weighted by atomic mass is 35.5. The van der Waals surface area contributed by atoms with Crippen LogP contribution in [-0.2, 0) is 22.4 Å². The van der Waals surface area contributed by atoms with Crippen LogP contribution in [0.1, 0.15) is 29.5 Å². The summed E-state index contributed by atoms with van der Waals surface area (Å²) < 4.78 is 0. The van der Waals surface area contributed by atoms with Crippen molar-refractivity contribution in [3.8, 4) is 0 Å². The van der Waals surface area contributed by atoms with E-state index < -0.39 is 0 Å². The molecule has 148 valence electrons. The van der Waals surface area contributed by atoms with Gasteiger partial charge in [0.05, 0.1) is 6.42 Å². The van der Waals surface area contributed by atoms with Crippen molar-refractivity contribution >= 4 is 23.4 Å². The number of amides is 2. The van der Waals surface area contributed by atoms with Crippen molar-refractivity contribution in [2.45, 2.75) is 32.6 Å². The second kappa shape index (κ2) is 9.74. The van der Waals surface area contributed by atoms with Gasteiger partial charge in [-0.05, 0) is 49.4 Å². The Bertz CT molecular complexity index is 812. The third-order valence-electron chi connectivity index (χ3n) is 5.28. The van der Waals surface area contributed by atoms with Crippen molar-refractivity contribution in [1.82, 2.24) is 10.2 Å². The van der Waals surface area contributed by atoms with Gasteiger partial charge in [-0.3, -0.25) is 9.59 Å². The molecule has 28 heavy (non-hydrogen) atoms. The Balaban J connectivity index is 1.39. The number of nitrogens with zero attached hydrogens (tertiary/aromatic N) is 1. The Hall–Kier alpha value is -2.33. The number of hydrogen-bond donors (Lipinski definition) is 1. The van der Waals surface area contributed by atoms with Crippen molar-refractivity contribution in [1.29, 1.82) is 0 Å². The molecule has 1 heterocycles. The smallest absolute Gasteiger partial charge is 0.226 e. The van der Waals surface area contributed by atoms with Gasteiger partial charge in [0, 0.05) is 30.6 Å². The zero-order valence-corrected chi connectivity index (χ0v) is 17.0. The summed E-state index contributed by atoms with van der Waals surface area (Å²) >= 11 is 5.89. The number of piperidine rings is 1. The molecule has 0 aromatic heterocycles. The predicted molar refractivity (Wildman–Crippen MR) is 112 cm³/mol. The number of likely N-dealkylation sites (tertiary alicyclic amines) is 1. The van der Waals surface area contributed by atoms with E-state index in [2.05, 4.69) is 11.4 Å². The first-order valence-corrected chi connectivity index (χ1v) is 10.2. The van der Waals surface area contributed by atoms with Gasteiger partial charge in [0.2, 0.25) is 11.8 Å². The van der Waals surface area contributed by atoms with Crippen molar-refractivity contribution in [3.05, 3.63) is 70.2 Å². The molecule has 0 atom stereocenters. The van der Waals surface area contributed by atoms with Gasteiger partial charge in [0.25, 0.3) is 0 Å². The first-order chi connectivity index (χ1) is 13.5. The molecule has 2 amide bonds. The Morgan fingerprint density at radius 3 is 2.46 bits per heavy atom. The number of nitrogens with one attached hydrogen (secondary N) is 1. The van der Waals surface area contributed by atoms with Crippen molar-refractivity contribution < 1.29 is 9.59 Å². The number of hydrogen-bond acceptors (Lipinski definition) is 2. The molecule has 5 heteroatoms. The second-order valence-electron chi connectivity index (χ2n) is 7.49. The summed E-state index contributed by atoms with van der Waals surface area (Å²) in [5.41, 5.74) is 3.37. The van der Waals surface area contributed by atoms with E-state index in [1.165, 1.54) is 5.56 Å². The summed E-state index contributed by atoms with van der Waals surface area (Å²) in [6, 6.07) is 15.7. The van der Waals surface area contributed by atoms with Crippen LogP contribution in [0.4, 0.5) is 0 Å². The van der Waals surface area contributed by atoms with Crippen LogP contribution in [0, 0.1) is 12.8 Å². The highest BCUT2D eigenvalue weighted by molar-refractivity contribution is 6.30. The Morgan fingerprint density at radius 1 is 1.07 bits per heavy atom. The van der Waals surface area contributed by atoms with E-state index in [0.29, 0.717) is 26.1 Å². The molecule has 1 saturated heterocycles. The Kier molecular flexibility index (Phi) is 7.10. The monoisotopic (exact) mass is 398 g/mol. The lowest BCUT2D eigenvalue weighted by Crippen LogP contribution is -2.43. The van der Waals surface area contributed by atoms with Gasteiger partial charge in [0.1, 0.15) is 0 Å². The maximum absolute atomic E-state index is 12.5. The quantitative estimate of drug-likeness (QED) is 0.804. The van der Waals surface area contributed by atoms with E-state index in [4.69, 9.17) is 11.6 Å². The summed E-state index contributed by atoms with van der Waals surface area (Å²) in [6.07, 6.45) is 2.68. The highest BCUT2D eigenvalue weighted by Gasteiger charge is 2.27. The lowest BCUT2D eigenvalue weighted by atomic mass is 9.95. The van der Waals surface area contributed by atoms with Crippen LogP contribution in [0.25, 0.3) is 0 Å². The second-order valence-corrected chi connectivity index (χ2v) is 7.92. The molecule has 3 rings (SSSR count). The van der Waals surface area contributed by atoms with E-state index in [1.54, 1.807) is 0 Å². The van der Waals surface area contributed by atoms with Gasteiger partial charge in [-0.1, -0.05) is 53.6 Å². The van der Waals surface area contributed by atoms with Crippen LogP contribution in [0.15, 0.2) is 48.5 Å². The predicted octanol–water partition coefficient (Wildman–Crippen LogP) is 3.79. The van der Waals surface area contributed by atoms with Crippen LogP contribution < -0.4 is 5.32 Å². The molecule has 0 bridgehead atoms. The fraction of sp³-hybridized carbons (Fsp3) is 0.391. The number of halogens is 1. The standard InChI is InChI=1S/C23H27ClN2O2/c1-17-3-2-4-19(15-17)16-22(27)26-13-10-20(11-14-26)23(28)25-12-9-18-5-7-21(24)8-6-18/h2-8,15,20H,9-14,16H2,1H3,(H,25,28). The number of aryl methyl sites for hydroxylation is 1. The number of carbonyl (C=O) groups is 2. The summed E-state index contributed by atoms with van der Waals surface area (Å²) in [5, 5.41) is 3.75. The molecule has 0 unspecified atom stereocenters. The minimum atomic E-state index is -0.00626. The van der Waals surface area contributed by atoms with E-state index in [1.807, 2.05) is 54.3 Å². The molecule has 1 fully saturated rings. The molecule has 1 N–H and O–H groups in total. The van der Waals surface area contributed by atoms with Crippen LogP contribution in [-0.4, -0.2) is 36.3 Å². The van der Waals surface area contributed by atoms with Gasteiger partial charge < -0.3 is 10.2 Å². The number of benzene rings is 2. The average molecular weight is 399 g/mol. The molecule has 0 aliphatic carbocycles. The van der Waals surface area contributed by atoms with Gasteiger partial charge in [-0.2, -0.15) is 0 Å². The van der Waals surface area contributed by atoms with Crippen molar-refractivity contribution in [2.75, 3.05) is 19.6 Å². The highest BCUT2D eigenvalue weighted by Crippen LogP contribution is 2.19. The lowest BCUT2D eigenvalue weighted by molar-refractivity contribution is -0.135. The van der Waals surface area contributed by atoms with E-state index in [0.717, 1.165) is 35.4 Å². The minimum absolute atomic E-state index is 0.00626. The molecule has 4 nitrogen and oxygen atoms in total. The average Bonchev–Trinajstić information content (AvgIpc) is 2.69. The fourth-order valence-electron chi connectivity index (χ4n) is 3.63. The van der Waals surface area contributed by atoms with Crippen LogP contribution >= 0.6 is 11.6 Å². The summed E-state index contributed by atoms with van der Waals surface area (Å²) in [5.74, 6) is 0.236. The third kappa shape index (κ3) is 5.83. The molecule has 0 saturated carbocycles. The van der Waals surface area contributed by atoms with E-state index in [9.17, 15) is 9.59 Å². The SMILES string of the molecule is Cc1cccc(CC(=O)N2CCC(C(=O)NCCc3ccc(Cl)cc3)CC2)c1. The molecular weight excluding hydrogens is 372 g/mol. The fourth-order valence-corrected chi connectivity index (χ4v) is 3.75. The van der Waals surface area contributed by atoms with Crippen molar-refractivity contribution in [3.63, 3.8) is 0 Å². The number of rotatable bonds is 6. The lowest BCUT2D eigenvalue weighted by Gasteiger charge is -2.31. The van der Waals surface area contributed by atoms with E-state index in [-0.39, 0.29) is 17.7 Å².